The van der Waals surface area contributed by atoms with Crippen LogP contribution >= 0.6 is 0 Å². The highest BCUT2D eigenvalue weighted by molar-refractivity contribution is 6.27. The van der Waals surface area contributed by atoms with Crippen LogP contribution in [-0.2, 0) is 0 Å². The lowest BCUT2D eigenvalue weighted by Crippen LogP contribution is -2.02. The second kappa shape index (κ2) is 16.9. The fourth-order valence-electron chi connectivity index (χ4n) is 9.94. The van der Waals surface area contributed by atoms with E-state index in [-0.39, 0.29) is 0 Å². The number of para-hydroxylation sites is 2. The summed E-state index contributed by atoms with van der Waals surface area (Å²) in [5.74, 6) is 3.31. The monoisotopic (exact) mass is 920 g/mol. The van der Waals surface area contributed by atoms with Crippen molar-refractivity contribution in [1.82, 2.24) is 49.8 Å². The molecule has 14 aromatic rings. The molecule has 0 aliphatic carbocycles. The average Bonchev–Trinajstić information content (AvgIpc) is 3.46. The van der Waals surface area contributed by atoms with E-state index < -0.39 is 0 Å². The first-order valence-corrected chi connectivity index (χ1v) is 23.6. The van der Waals surface area contributed by atoms with E-state index in [1.165, 1.54) is 0 Å². The predicted octanol–water partition coefficient (Wildman–Crippen LogP) is 14.2. The first-order valence-electron chi connectivity index (χ1n) is 23.6. The van der Waals surface area contributed by atoms with Crippen molar-refractivity contribution in [3.05, 3.63) is 219 Å². The molecule has 0 N–H and O–H groups in total. The van der Waals surface area contributed by atoms with Gasteiger partial charge in [0.15, 0.2) is 34.9 Å². The Morgan fingerprint density at radius 2 is 0.611 bits per heavy atom. The Kier molecular flexibility index (Phi) is 9.59. The Morgan fingerprint density at radius 1 is 0.236 bits per heavy atom. The number of rotatable bonds is 8. The van der Waals surface area contributed by atoms with E-state index in [4.69, 9.17) is 39.9 Å². The molecule has 334 valence electrons. The molecule has 0 unspecified atom stereocenters. The molecule has 0 spiro atoms. The molecule has 10 nitrogen and oxygen atoms in total. The molecule has 0 fully saturated rings. The van der Waals surface area contributed by atoms with Crippen LogP contribution in [0.2, 0.25) is 0 Å². The van der Waals surface area contributed by atoms with Crippen molar-refractivity contribution < 1.29 is 0 Å². The SMILES string of the molecule is c1cncc(-c2ccc(-c3nc(-c4ccc(-c5cccnc5)cc4)nc(-c4ccc5ccc6c(-c7nc(-c8cccc9cccnc89)nc(-c8cccc9cccnc89)n7)ccc7ccc4c5c76)n3)cc2)c1. The Morgan fingerprint density at radius 3 is 1.06 bits per heavy atom. The van der Waals surface area contributed by atoms with Gasteiger partial charge >= 0.3 is 0 Å². The van der Waals surface area contributed by atoms with Crippen LogP contribution in [0.3, 0.4) is 0 Å². The van der Waals surface area contributed by atoms with Crippen molar-refractivity contribution in [2.24, 2.45) is 0 Å². The quantitative estimate of drug-likeness (QED) is 0.136. The maximum absolute atomic E-state index is 5.28. The van der Waals surface area contributed by atoms with Crippen molar-refractivity contribution >= 4 is 54.1 Å². The maximum atomic E-state index is 5.28. The molecule has 0 atom stereocenters. The molecule has 0 saturated carbocycles. The zero-order chi connectivity index (χ0) is 47.5. The summed E-state index contributed by atoms with van der Waals surface area (Å²) in [5.41, 5.74) is 11.0. The number of nitrogens with zero attached hydrogens (tertiary/aromatic N) is 10. The van der Waals surface area contributed by atoms with Gasteiger partial charge in [-0.25, -0.2) is 29.9 Å². The van der Waals surface area contributed by atoms with E-state index in [2.05, 4.69) is 143 Å². The second-order valence-electron chi connectivity index (χ2n) is 17.7. The fourth-order valence-corrected chi connectivity index (χ4v) is 9.94. The highest BCUT2D eigenvalue weighted by atomic mass is 15.0. The van der Waals surface area contributed by atoms with Gasteiger partial charge in [0.25, 0.3) is 0 Å². The zero-order valence-corrected chi connectivity index (χ0v) is 38.3. The standard InChI is InChI=1S/C62H36N10/c1-7-41-9-5-33-65-55(41)51(13-1)61-70-60(71-62(72-61)52-14-2-8-42-10-6-34-66-56(42)52)50-30-26-40-23-27-47-49(29-25-39-24-28-48(50)54(40)53(39)47)59-68-57(43-19-15-37(16-20-43)45-11-3-31-63-35-45)67-58(69-59)44-21-17-38(18-22-44)46-12-4-32-64-36-46/h1-36H. The summed E-state index contributed by atoms with van der Waals surface area (Å²) in [6.07, 6.45) is 10.9. The summed E-state index contributed by atoms with van der Waals surface area (Å²) in [4.78, 5) is 49.6. The minimum absolute atomic E-state index is 0.528. The largest absolute Gasteiger partial charge is 0.264 e. The van der Waals surface area contributed by atoms with E-state index >= 15 is 0 Å². The van der Waals surface area contributed by atoms with Crippen LogP contribution in [0.15, 0.2) is 219 Å². The number of hydrogen-bond donors (Lipinski definition) is 0. The third kappa shape index (κ3) is 7.04. The number of aromatic nitrogens is 10. The zero-order valence-electron chi connectivity index (χ0n) is 38.3. The lowest BCUT2D eigenvalue weighted by atomic mass is 9.89. The number of hydrogen-bond acceptors (Lipinski definition) is 10. The first kappa shape index (κ1) is 41.0. The molecule has 6 heterocycles. The minimum Gasteiger partial charge on any atom is -0.264 e. The lowest BCUT2D eigenvalue weighted by Gasteiger charge is -2.17. The normalized spacial score (nSPS) is 11.6. The van der Waals surface area contributed by atoms with Crippen molar-refractivity contribution in [2.75, 3.05) is 0 Å². The summed E-state index contributed by atoms with van der Waals surface area (Å²) < 4.78 is 0. The smallest absolute Gasteiger partial charge is 0.166 e. The van der Waals surface area contributed by atoms with Crippen molar-refractivity contribution in [2.45, 2.75) is 0 Å². The Bertz CT molecular complexity index is 4170. The Hall–Kier alpha value is -10.1. The van der Waals surface area contributed by atoms with Gasteiger partial charge in [0.1, 0.15) is 0 Å². The Labute approximate surface area is 411 Å². The van der Waals surface area contributed by atoms with Crippen LogP contribution in [0, 0.1) is 0 Å². The van der Waals surface area contributed by atoms with E-state index in [1.807, 2.05) is 60.9 Å². The van der Waals surface area contributed by atoms with Gasteiger partial charge in [-0.15, -0.1) is 0 Å². The number of benzene rings is 8. The third-order valence-corrected chi connectivity index (χ3v) is 13.4. The summed E-state index contributed by atoms with van der Waals surface area (Å²) in [5, 5.41) is 8.41. The molecule has 0 aliphatic rings. The molecule has 0 amide bonds. The van der Waals surface area contributed by atoms with E-state index in [9.17, 15) is 0 Å². The molecule has 10 heteroatoms. The van der Waals surface area contributed by atoms with Crippen LogP contribution in [-0.4, -0.2) is 49.8 Å². The van der Waals surface area contributed by atoms with Crippen LogP contribution < -0.4 is 0 Å². The number of pyridine rings is 4. The van der Waals surface area contributed by atoms with Crippen LogP contribution in [0.4, 0.5) is 0 Å². The Balaban J connectivity index is 0.953. The maximum Gasteiger partial charge on any atom is 0.166 e. The predicted molar refractivity (Wildman–Crippen MR) is 287 cm³/mol. The van der Waals surface area contributed by atoms with Gasteiger partial charge in [-0.3, -0.25) is 19.9 Å². The van der Waals surface area contributed by atoms with Crippen molar-refractivity contribution in [1.29, 1.82) is 0 Å². The first-order chi connectivity index (χ1) is 35.7. The summed E-state index contributed by atoms with van der Waals surface area (Å²) >= 11 is 0. The molecule has 8 aromatic carbocycles. The van der Waals surface area contributed by atoms with Crippen LogP contribution in [0.25, 0.3) is 145 Å². The average molecular weight is 921 g/mol. The molecule has 0 aliphatic heterocycles. The molecule has 0 bridgehead atoms. The van der Waals surface area contributed by atoms with E-state index in [0.717, 1.165) is 110 Å². The third-order valence-electron chi connectivity index (χ3n) is 13.4. The van der Waals surface area contributed by atoms with E-state index in [0.29, 0.717) is 34.9 Å². The summed E-state index contributed by atoms with van der Waals surface area (Å²) in [6.45, 7) is 0. The lowest BCUT2D eigenvalue weighted by molar-refractivity contribution is 1.08. The van der Waals surface area contributed by atoms with Gasteiger partial charge in [0, 0.05) is 81.3 Å². The van der Waals surface area contributed by atoms with Crippen LogP contribution in [0.1, 0.15) is 0 Å². The highest BCUT2D eigenvalue weighted by Gasteiger charge is 2.22. The van der Waals surface area contributed by atoms with E-state index in [1.54, 1.807) is 24.8 Å². The second-order valence-corrected chi connectivity index (χ2v) is 17.7. The fraction of sp³-hybridized carbons (Fsp3) is 0. The van der Waals surface area contributed by atoms with Gasteiger partial charge in [0.2, 0.25) is 0 Å². The van der Waals surface area contributed by atoms with Gasteiger partial charge in [-0.1, -0.05) is 133 Å². The van der Waals surface area contributed by atoms with Crippen LogP contribution in [0.5, 0.6) is 0 Å². The molecule has 6 aromatic heterocycles. The highest BCUT2D eigenvalue weighted by Crippen LogP contribution is 2.43. The molecular weight excluding hydrogens is 885 g/mol. The molecule has 14 rings (SSSR count). The molecule has 0 radical (unpaired) electrons. The summed E-state index contributed by atoms with van der Waals surface area (Å²) in [7, 11) is 0. The minimum atomic E-state index is 0.528. The van der Waals surface area contributed by atoms with Crippen molar-refractivity contribution in [3.8, 4) is 90.6 Å². The van der Waals surface area contributed by atoms with Crippen molar-refractivity contribution in [3.63, 3.8) is 0 Å². The van der Waals surface area contributed by atoms with Gasteiger partial charge in [-0.05, 0) is 103 Å². The topological polar surface area (TPSA) is 129 Å². The summed E-state index contributed by atoms with van der Waals surface area (Å²) in [6, 6.07) is 62.1. The number of fused-ring (bicyclic) bond motifs is 2. The van der Waals surface area contributed by atoms with Gasteiger partial charge in [0.05, 0.1) is 11.0 Å². The molecular formula is C62H36N10. The molecule has 0 saturated heterocycles. The van der Waals surface area contributed by atoms with Gasteiger partial charge < -0.3 is 0 Å². The van der Waals surface area contributed by atoms with Gasteiger partial charge in [-0.2, -0.15) is 0 Å². The molecule has 72 heavy (non-hydrogen) atoms.